The molecule has 0 aromatic heterocycles. The first-order valence-corrected chi connectivity index (χ1v) is 12.4. The van der Waals surface area contributed by atoms with Gasteiger partial charge in [0.25, 0.3) is 0 Å². The largest absolute Gasteiger partial charge is 0.444 e. The van der Waals surface area contributed by atoms with Crippen molar-refractivity contribution >= 4 is 29.7 Å². The van der Waals surface area contributed by atoms with E-state index in [0.29, 0.717) is 19.6 Å². The first-order valence-electron chi connectivity index (χ1n) is 12.4. The predicted octanol–water partition coefficient (Wildman–Crippen LogP) is 1.72. The second-order valence-corrected chi connectivity index (χ2v) is 10.8. The van der Waals surface area contributed by atoms with E-state index in [2.05, 4.69) is 15.5 Å². The van der Waals surface area contributed by atoms with E-state index in [0.717, 1.165) is 50.0 Å². The maximum absolute atomic E-state index is 13.0. The SMILES string of the molecule is CC(C)(C)OC(=O)NCCCCCCCCN1CC2(CC(=O)N(C3CCC(=O)NC3=O)C2=O)C1. The van der Waals surface area contributed by atoms with Crippen LogP contribution in [-0.4, -0.2) is 77.3 Å². The molecular weight excluding hydrogens is 440 g/mol. The summed E-state index contributed by atoms with van der Waals surface area (Å²) in [5, 5.41) is 5.00. The molecule has 0 saturated carbocycles. The number of alkyl carbamates (subject to hydrolysis) is 1. The molecule has 34 heavy (non-hydrogen) atoms. The van der Waals surface area contributed by atoms with Gasteiger partial charge in [0.2, 0.25) is 23.6 Å². The van der Waals surface area contributed by atoms with E-state index in [9.17, 15) is 24.0 Å². The second kappa shape index (κ2) is 10.8. The van der Waals surface area contributed by atoms with Crippen LogP contribution < -0.4 is 10.6 Å². The molecule has 1 atom stereocenters. The third kappa shape index (κ3) is 6.55. The molecule has 3 aliphatic rings. The van der Waals surface area contributed by atoms with Crippen molar-refractivity contribution in [2.45, 2.75) is 90.2 Å². The van der Waals surface area contributed by atoms with Crippen molar-refractivity contribution in [2.24, 2.45) is 5.41 Å². The molecule has 2 N–H and O–H groups in total. The van der Waals surface area contributed by atoms with Gasteiger partial charge in [-0.05, 0) is 46.6 Å². The molecule has 1 unspecified atom stereocenters. The Morgan fingerprint density at radius 1 is 1.06 bits per heavy atom. The number of rotatable bonds is 10. The third-order valence-electron chi connectivity index (χ3n) is 6.57. The Balaban J connectivity index is 1.25. The summed E-state index contributed by atoms with van der Waals surface area (Å²) in [6.45, 7) is 8.14. The summed E-state index contributed by atoms with van der Waals surface area (Å²) in [7, 11) is 0. The zero-order valence-electron chi connectivity index (χ0n) is 20.6. The highest BCUT2D eigenvalue weighted by Gasteiger charge is 2.60. The number of amides is 5. The van der Waals surface area contributed by atoms with E-state index in [1.165, 1.54) is 0 Å². The van der Waals surface area contributed by atoms with Gasteiger partial charge >= 0.3 is 6.09 Å². The van der Waals surface area contributed by atoms with Gasteiger partial charge in [-0.15, -0.1) is 0 Å². The molecule has 5 amide bonds. The van der Waals surface area contributed by atoms with Crippen molar-refractivity contribution < 1.29 is 28.7 Å². The Hall–Kier alpha value is -2.49. The average molecular weight is 479 g/mol. The Morgan fingerprint density at radius 3 is 2.35 bits per heavy atom. The maximum atomic E-state index is 13.0. The number of hydrogen-bond acceptors (Lipinski definition) is 7. The zero-order valence-corrected chi connectivity index (χ0v) is 20.6. The molecule has 3 aliphatic heterocycles. The van der Waals surface area contributed by atoms with E-state index in [1.807, 2.05) is 20.8 Å². The molecule has 3 heterocycles. The standard InChI is InChI=1S/C24H38N4O6/c1-23(2,3)34-22(33)25-12-8-6-4-5-7-9-13-27-15-24(16-27)14-19(30)28(21(24)32)17-10-11-18(29)26-20(17)31/h17H,4-16H2,1-3H3,(H,25,33)(H,26,29,31). The number of unbranched alkanes of at least 4 members (excludes halogenated alkanes) is 5. The van der Waals surface area contributed by atoms with Gasteiger partial charge in [-0.25, -0.2) is 4.79 Å². The molecule has 0 aliphatic carbocycles. The van der Waals surface area contributed by atoms with Crippen LogP contribution in [0, 0.1) is 5.41 Å². The molecule has 0 radical (unpaired) electrons. The number of nitrogens with zero attached hydrogens (tertiary/aromatic N) is 2. The fourth-order valence-corrected chi connectivity index (χ4v) is 4.95. The molecule has 3 rings (SSSR count). The Morgan fingerprint density at radius 2 is 1.71 bits per heavy atom. The van der Waals surface area contributed by atoms with Crippen molar-refractivity contribution in [1.82, 2.24) is 20.4 Å². The van der Waals surface area contributed by atoms with Crippen LogP contribution in [0.2, 0.25) is 0 Å². The third-order valence-corrected chi connectivity index (χ3v) is 6.57. The second-order valence-electron chi connectivity index (χ2n) is 10.8. The average Bonchev–Trinajstić information content (AvgIpc) is 2.95. The zero-order chi connectivity index (χ0) is 24.9. The van der Waals surface area contributed by atoms with E-state index in [1.54, 1.807) is 0 Å². The normalized spacial score (nSPS) is 22.7. The van der Waals surface area contributed by atoms with Gasteiger partial charge in [0, 0.05) is 32.5 Å². The lowest BCUT2D eigenvalue weighted by Crippen LogP contribution is -2.62. The van der Waals surface area contributed by atoms with Crippen molar-refractivity contribution in [3.05, 3.63) is 0 Å². The fourth-order valence-electron chi connectivity index (χ4n) is 4.95. The van der Waals surface area contributed by atoms with E-state index in [4.69, 9.17) is 4.74 Å². The molecule has 0 bridgehead atoms. The van der Waals surface area contributed by atoms with Crippen molar-refractivity contribution in [2.75, 3.05) is 26.2 Å². The minimum Gasteiger partial charge on any atom is -0.444 e. The van der Waals surface area contributed by atoms with Gasteiger partial charge in [-0.2, -0.15) is 0 Å². The summed E-state index contributed by atoms with van der Waals surface area (Å²) in [6.07, 6.45) is 6.46. The minimum atomic E-state index is -0.856. The molecule has 10 nitrogen and oxygen atoms in total. The van der Waals surface area contributed by atoms with E-state index >= 15 is 0 Å². The van der Waals surface area contributed by atoms with Gasteiger partial charge < -0.3 is 15.0 Å². The molecule has 10 heteroatoms. The predicted molar refractivity (Wildman–Crippen MR) is 123 cm³/mol. The van der Waals surface area contributed by atoms with Crippen LogP contribution in [-0.2, 0) is 23.9 Å². The topological polar surface area (TPSA) is 125 Å². The van der Waals surface area contributed by atoms with Crippen LogP contribution in [0.4, 0.5) is 4.79 Å². The number of carbonyl (C=O) groups is 5. The first-order chi connectivity index (χ1) is 16.0. The lowest BCUT2D eigenvalue weighted by molar-refractivity contribution is -0.155. The Bertz CT molecular complexity index is 815. The first kappa shape index (κ1) is 26.1. The highest BCUT2D eigenvalue weighted by atomic mass is 16.6. The number of carbonyl (C=O) groups excluding carboxylic acids is 5. The number of likely N-dealkylation sites (tertiary alicyclic amines) is 2. The van der Waals surface area contributed by atoms with Crippen LogP contribution in [0.5, 0.6) is 0 Å². The quantitative estimate of drug-likeness (QED) is 0.362. The van der Waals surface area contributed by atoms with Crippen LogP contribution in [0.25, 0.3) is 0 Å². The van der Waals surface area contributed by atoms with Crippen molar-refractivity contribution in [1.29, 1.82) is 0 Å². The van der Waals surface area contributed by atoms with Gasteiger partial charge in [-0.3, -0.25) is 29.4 Å². The number of hydrogen-bond donors (Lipinski definition) is 2. The number of imide groups is 2. The van der Waals surface area contributed by atoms with E-state index < -0.39 is 23.0 Å². The summed E-state index contributed by atoms with van der Waals surface area (Å²) in [5.74, 6) is -1.47. The molecule has 190 valence electrons. The van der Waals surface area contributed by atoms with Crippen LogP contribution in [0.3, 0.4) is 0 Å². The minimum absolute atomic E-state index is 0.146. The number of piperidine rings is 1. The van der Waals surface area contributed by atoms with Crippen LogP contribution in [0.1, 0.15) is 78.6 Å². The van der Waals surface area contributed by atoms with Gasteiger partial charge in [0.05, 0.1) is 5.41 Å². The summed E-state index contributed by atoms with van der Waals surface area (Å²) in [4.78, 5) is 63.9. The highest BCUT2D eigenvalue weighted by molar-refractivity contribution is 6.11. The number of nitrogens with one attached hydrogen (secondary N) is 2. The van der Waals surface area contributed by atoms with Crippen LogP contribution in [0.15, 0.2) is 0 Å². The maximum Gasteiger partial charge on any atom is 0.407 e. The molecule has 0 aromatic carbocycles. The smallest absolute Gasteiger partial charge is 0.407 e. The lowest BCUT2D eigenvalue weighted by Gasteiger charge is -2.46. The fraction of sp³-hybridized carbons (Fsp3) is 0.792. The van der Waals surface area contributed by atoms with E-state index in [-0.39, 0.29) is 43.1 Å². The molecule has 3 saturated heterocycles. The van der Waals surface area contributed by atoms with Crippen molar-refractivity contribution in [3.8, 4) is 0 Å². The molecule has 1 spiro atoms. The monoisotopic (exact) mass is 478 g/mol. The van der Waals surface area contributed by atoms with Crippen LogP contribution >= 0.6 is 0 Å². The number of ether oxygens (including phenoxy) is 1. The van der Waals surface area contributed by atoms with Gasteiger partial charge in [-0.1, -0.05) is 25.7 Å². The highest BCUT2D eigenvalue weighted by Crippen LogP contribution is 2.42. The van der Waals surface area contributed by atoms with Crippen molar-refractivity contribution in [3.63, 3.8) is 0 Å². The summed E-state index contributed by atoms with van der Waals surface area (Å²) in [6, 6.07) is -0.856. The Kier molecular flexibility index (Phi) is 8.33. The molecule has 0 aromatic rings. The summed E-state index contributed by atoms with van der Waals surface area (Å²) < 4.78 is 5.20. The summed E-state index contributed by atoms with van der Waals surface area (Å²) in [5.41, 5.74) is -1.17. The lowest BCUT2D eigenvalue weighted by atomic mass is 9.78. The van der Waals surface area contributed by atoms with Gasteiger partial charge in [0.1, 0.15) is 11.6 Å². The Labute approximate surface area is 201 Å². The molecule has 3 fully saturated rings. The molecular formula is C24H38N4O6. The summed E-state index contributed by atoms with van der Waals surface area (Å²) >= 11 is 0. The van der Waals surface area contributed by atoms with Gasteiger partial charge in [0.15, 0.2) is 0 Å².